The van der Waals surface area contributed by atoms with Crippen molar-refractivity contribution in [1.29, 1.82) is 0 Å². The monoisotopic (exact) mass is 480 g/mol. The maximum atomic E-state index is 12.3. The molecule has 2 aromatic rings. The molecule has 2 unspecified atom stereocenters. The molecular weight excluding hydrogens is 444 g/mol. The van der Waals surface area contributed by atoms with Crippen molar-refractivity contribution in [3.8, 4) is 0 Å². The lowest BCUT2D eigenvalue weighted by Crippen LogP contribution is -2.42. The summed E-state index contributed by atoms with van der Waals surface area (Å²) >= 11 is 0. The van der Waals surface area contributed by atoms with Crippen LogP contribution in [-0.2, 0) is 20.7 Å². The number of hydrazine groups is 1. The van der Waals surface area contributed by atoms with Gasteiger partial charge in [0, 0.05) is 36.2 Å². The van der Waals surface area contributed by atoms with Crippen LogP contribution in [0.4, 0.5) is 16.2 Å². The van der Waals surface area contributed by atoms with E-state index in [9.17, 15) is 14.4 Å². The fourth-order valence-electron chi connectivity index (χ4n) is 3.67. The van der Waals surface area contributed by atoms with Gasteiger partial charge in [0.05, 0.1) is 0 Å². The standard InChI is InChI=1S/C27H36N4O4/c1-5-24(32)28-20-13-9-18(10-14-20)7-6-8-25(33)29-21-15-11-19(12-16-21)22-17-23(22)30-31-26(34)35-27(2,3)4/h9-16,22-23,30H,5-8,17H2,1-4H3,(H,28,32)(H,29,33)(H,31,34). The third kappa shape index (κ3) is 9.05. The van der Waals surface area contributed by atoms with Crippen molar-refractivity contribution >= 4 is 29.3 Å². The van der Waals surface area contributed by atoms with Crippen LogP contribution in [0.1, 0.15) is 70.4 Å². The Labute approximate surface area is 207 Å². The average molecular weight is 481 g/mol. The third-order valence-electron chi connectivity index (χ3n) is 5.60. The minimum atomic E-state index is -0.533. The SMILES string of the molecule is CCC(=O)Nc1ccc(CCCC(=O)Nc2ccc(C3CC3NNC(=O)OC(C)(C)C)cc2)cc1. The number of hydrogen-bond donors (Lipinski definition) is 4. The van der Waals surface area contributed by atoms with E-state index < -0.39 is 11.7 Å². The zero-order chi connectivity index (χ0) is 25.4. The molecule has 3 rings (SSSR count). The van der Waals surface area contributed by atoms with Gasteiger partial charge in [-0.2, -0.15) is 0 Å². The third-order valence-corrected chi connectivity index (χ3v) is 5.60. The molecule has 0 radical (unpaired) electrons. The number of amides is 3. The van der Waals surface area contributed by atoms with Crippen LogP contribution in [0.3, 0.4) is 0 Å². The summed E-state index contributed by atoms with van der Waals surface area (Å²) < 4.78 is 5.22. The van der Waals surface area contributed by atoms with Crippen molar-refractivity contribution in [2.45, 2.75) is 77.4 Å². The Morgan fingerprint density at radius 3 is 2.11 bits per heavy atom. The highest BCUT2D eigenvalue weighted by molar-refractivity contribution is 5.91. The largest absolute Gasteiger partial charge is 0.443 e. The second kappa shape index (κ2) is 11.8. The van der Waals surface area contributed by atoms with Gasteiger partial charge < -0.3 is 15.4 Å². The Balaban J connectivity index is 1.35. The maximum Gasteiger partial charge on any atom is 0.422 e. The van der Waals surface area contributed by atoms with Crippen molar-refractivity contribution < 1.29 is 19.1 Å². The molecule has 0 saturated heterocycles. The lowest BCUT2D eigenvalue weighted by molar-refractivity contribution is -0.116. The van der Waals surface area contributed by atoms with Crippen LogP contribution in [0.2, 0.25) is 0 Å². The predicted molar refractivity (Wildman–Crippen MR) is 137 cm³/mol. The molecule has 4 N–H and O–H groups in total. The second-order valence-corrected chi connectivity index (χ2v) is 9.84. The van der Waals surface area contributed by atoms with Gasteiger partial charge in [0.2, 0.25) is 11.8 Å². The second-order valence-electron chi connectivity index (χ2n) is 9.84. The molecule has 188 valence electrons. The van der Waals surface area contributed by atoms with Crippen molar-refractivity contribution in [1.82, 2.24) is 10.9 Å². The summed E-state index contributed by atoms with van der Waals surface area (Å²) in [5.41, 5.74) is 8.92. The molecule has 8 nitrogen and oxygen atoms in total. The Kier molecular flexibility index (Phi) is 8.87. The molecule has 0 spiro atoms. The molecule has 0 bridgehead atoms. The fraction of sp³-hybridized carbons (Fsp3) is 0.444. The summed E-state index contributed by atoms with van der Waals surface area (Å²) in [6.07, 6.45) is 2.85. The van der Waals surface area contributed by atoms with E-state index in [-0.39, 0.29) is 17.9 Å². The molecule has 1 fully saturated rings. The predicted octanol–water partition coefficient (Wildman–Crippen LogP) is 4.88. The average Bonchev–Trinajstić information content (AvgIpc) is 3.58. The van der Waals surface area contributed by atoms with Crippen molar-refractivity contribution in [2.75, 3.05) is 10.6 Å². The Hall–Kier alpha value is -3.39. The van der Waals surface area contributed by atoms with Gasteiger partial charge in [0.1, 0.15) is 5.60 Å². The van der Waals surface area contributed by atoms with Crippen LogP contribution in [0.25, 0.3) is 0 Å². The van der Waals surface area contributed by atoms with Gasteiger partial charge in [0.25, 0.3) is 0 Å². The lowest BCUT2D eigenvalue weighted by atomic mass is 10.1. The van der Waals surface area contributed by atoms with Crippen molar-refractivity contribution in [3.05, 3.63) is 59.7 Å². The Bertz CT molecular complexity index is 1010. The van der Waals surface area contributed by atoms with Gasteiger partial charge in [0.15, 0.2) is 0 Å². The first-order chi connectivity index (χ1) is 16.6. The molecule has 1 saturated carbocycles. The van der Waals surface area contributed by atoms with E-state index in [4.69, 9.17) is 4.74 Å². The number of benzene rings is 2. The summed E-state index contributed by atoms with van der Waals surface area (Å²) in [4.78, 5) is 35.5. The van der Waals surface area contributed by atoms with Gasteiger partial charge in [-0.3, -0.25) is 15.0 Å². The minimum Gasteiger partial charge on any atom is -0.443 e. The summed E-state index contributed by atoms with van der Waals surface area (Å²) in [5.74, 6) is 0.291. The van der Waals surface area contributed by atoms with E-state index in [1.165, 1.54) is 0 Å². The van der Waals surface area contributed by atoms with E-state index in [0.29, 0.717) is 18.8 Å². The van der Waals surface area contributed by atoms with Crippen LogP contribution < -0.4 is 21.5 Å². The first-order valence-corrected chi connectivity index (χ1v) is 12.2. The van der Waals surface area contributed by atoms with Crippen LogP contribution >= 0.6 is 0 Å². The molecule has 3 amide bonds. The van der Waals surface area contributed by atoms with E-state index in [2.05, 4.69) is 21.5 Å². The number of anilines is 2. The zero-order valence-electron chi connectivity index (χ0n) is 20.9. The number of rotatable bonds is 10. The number of carbonyl (C=O) groups is 3. The van der Waals surface area contributed by atoms with E-state index in [0.717, 1.165) is 41.8 Å². The topological polar surface area (TPSA) is 109 Å². The first kappa shape index (κ1) is 26.2. The fourth-order valence-corrected chi connectivity index (χ4v) is 3.67. The van der Waals surface area contributed by atoms with Gasteiger partial charge in [-0.15, -0.1) is 0 Å². The van der Waals surface area contributed by atoms with Crippen LogP contribution in [0.15, 0.2) is 48.5 Å². The highest BCUT2D eigenvalue weighted by Crippen LogP contribution is 2.40. The molecule has 35 heavy (non-hydrogen) atoms. The molecule has 8 heteroatoms. The Morgan fingerprint density at radius 2 is 1.51 bits per heavy atom. The smallest absolute Gasteiger partial charge is 0.422 e. The van der Waals surface area contributed by atoms with Crippen molar-refractivity contribution in [2.24, 2.45) is 0 Å². The quantitative estimate of drug-likeness (QED) is 0.363. The molecular formula is C27H36N4O4. The summed E-state index contributed by atoms with van der Waals surface area (Å²) in [6, 6.07) is 15.7. The molecule has 2 atom stereocenters. The van der Waals surface area contributed by atoms with Gasteiger partial charge >= 0.3 is 6.09 Å². The highest BCUT2D eigenvalue weighted by Gasteiger charge is 2.38. The first-order valence-electron chi connectivity index (χ1n) is 12.2. The maximum absolute atomic E-state index is 12.3. The van der Waals surface area contributed by atoms with Gasteiger partial charge in [-0.25, -0.2) is 10.2 Å². The summed E-state index contributed by atoms with van der Waals surface area (Å²) in [6.45, 7) is 7.28. The summed E-state index contributed by atoms with van der Waals surface area (Å²) in [5, 5.41) is 5.78. The van der Waals surface area contributed by atoms with Crippen LogP contribution in [-0.4, -0.2) is 29.6 Å². The number of hydrogen-bond acceptors (Lipinski definition) is 5. The number of nitrogens with one attached hydrogen (secondary N) is 4. The van der Waals surface area contributed by atoms with E-state index in [1.807, 2.05) is 76.2 Å². The van der Waals surface area contributed by atoms with E-state index in [1.54, 1.807) is 0 Å². The lowest BCUT2D eigenvalue weighted by Gasteiger charge is -2.19. The number of carbonyl (C=O) groups excluding carboxylic acids is 3. The van der Waals surface area contributed by atoms with Gasteiger partial charge in [-0.05, 0) is 75.4 Å². The molecule has 2 aromatic carbocycles. The normalized spacial score (nSPS) is 16.8. The van der Waals surface area contributed by atoms with E-state index >= 15 is 0 Å². The van der Waals surface area contributed by atoms with Crippen LogP contribution in [0, 0.1) is 0 Å². The highest BCUT2D eigenvalue weighted by atomic mass is 16.6. The molecule has 0 aromatic heterocycles. The molecule has 0 heterocycles. The zero-order valence-corrected chi connectivity index (χ0v) is 20.9. The minimum absolute atomic E-state index is 0.00808. The van der Waals surface area contributed by atoms with Gasteiger partial charge in [-0.1, -0.05) is 31.2 Å². The molecule has 1 aliphatic carbocycles. The molecule has 0 aliphatic heterocycles. The number of ether oxygens (including phenoxy) is 1. The summed E-state index contributed by atoms with van der Waals surface area (Å²) in [7, 11) is 0. The molecule has 1 aliphatic rings. The number of aryl methyl sites for hydroxylation is 1. The van der Waals surface area contributed by atoms with Crippen molar-refractivity contribution in [3.63, 3.8) is 0 Å². The van der Waals surface area contributed by atoms with Crippen LogP contribution in [0.5, 0.6) is 0 Å². The Morgan fingerprint density at radius 1 is 0.914 bits per heavy atom.